The lowest BCUT2D eigenvalue weighted by atomic mass is 9.88. The van der Waals surface area contributed by atoms with Crippen molar-refractivity contribution in [2.45, 2.75) is 147 Å². The van der Waals surface area contributed by atoms with Crippen LogP contribution in [0.15, 0.2) is 0 Å². The van der Waals surface area contributed by atoms with E-state index in [9.17, 15) is 20.4 Å². The Balaban J connectivity index is 0. The van der Waals surface area contributed by atoms with Crippen molar-refractivity contribution in [3.8, 4) is 0 Å². The maximum atomic E-state index is 10.3. The van der Waals surface area contributed by atoms with Gasteiger partial charge in [0.25, 0.3) is 0 Å². The van der Waals surface area contributed by atoms with Crippen LogP contribution in [-0.2, 0) is 4.74 Å². The molecule has 7 nitrogen and oxygen atoms in total. The highest BCUT2D eigenvalue weighted by Crippen LogP contribution is 2.27. The Morgan fingerprint density at radius 1 is 0.719 bits per heavy atom. The summed E-state index contributed by atoms with van der Waals surface area (Å²) < 4.78 is 5.35. The van der Waals surface area contributed by atoms with E-state index in [4.69, 9.17) is 4.74 Å². The zero-order chi connectivity index (χ0) is 22.4. The molecule has 0 spiro atoms. The zero-order valence-electron chi connectivity index (χ0n) is 21.1. The van der Waals surface area contributed by atoms with Crippen molar-refractivity contribution in [1.29, 1.82) is 0 Å². The first-order valence-electron chi connectivity index (χ1n) is 12.4. The summed E-state index contributed by atoms with van der Waals surface area (Å²) in [6, 6.07) is -0.749. The topological polar surface area (TPSA) is 139 Å². The third-order valence-corrected chi connectivity index (χ3v) is 6.23. The lowest BCUT2D eigenvalue weighted by molar-refractivity contribution is -0.281. The molecule has 9 N–H and O–H groups in total. The van der Waals surface area contributed by atoms with E-state index in [1.165, 1.54) is 90.9 Å². The van der Waals surface area contributed by atoms with Crippen molar-refractivity contribution in [2.24, 2.45) is 0 Å². The van der Waals surface area contributed by atoms with Crippen LogP contribution in [0.3, 0.4) is 0 Å². The molecular weight excluding hydrogens is 476 g/mol. The molecule has 1 heterocycles. The number of halogens is 1. The van der Waals surface area contributed by atoms with Crippen molar-refractivity contribution in [2.75, 3.05) is 6.54 Å². The van der Waals surface area contributed by atoms with Crippen LogP contribution in [0, 0.1) is 0 Å². The summed E-state index contributed by atoms with van der Waals surface area (Å²) in [5.41, 5.74) is -1.35. The minimum atomic E-state index is -1.35. The van der Waals surface area contributed by atoms with E-state index in [1.54, 1.807) is 0 Å². The van der Waals surface area contributed by atoms with Crippen LogP contribution in [0.1, 0.15) is 111 Å². The number of nitrogens with one attached hydrogen (secondary N) is 1. The largest absolute Gasteiger partial charge is 1.00 e. The number of ether oxygens (including phenoxy) is 1. The zero-order valence-corrected chi connectivity index (χ0v) is 22.7. The van der Waals surface area contributed by atoms with Gasteiger partial charge in [-0.1, -0.05) is 90.4 Å². The van der Waals surface area contributed by atoms with E-state index in [0.29, 0.717) is 6.54 Å². The molecule has 32 heavy (non-hydrogen) atoms. The maximum absolute atomic E-state index is 10.3. The summed E-state index contributed by atoms with van der Waals surface area (Å²) in [5, 5.41) is 43.8. The average Bonchev–Trinajstić information content (AvgIpc) is 2.69. The Labute approximate surface area is 207 Å². The highest BCUT2D eigenvalue weighted by molar-refractivity contribution is 4.98. The van der Waals surface area contributed by atoms with Gasteiger partial charge in [-0.2, -0.15) is 0 Å². The minimum Gasteiger partial charge on any atom is -1.00 e. The van der Waals surface area contributed by atoms with Crippen molar-refractivity contribution < 1.29 is 42.1 Å². The van der Waals surface area contributed by atoms with E-state index in [1.807, 2.05) is 0 Å². The van der Waals surface area contributed by atoms with Crippen LogP contribution >= 0.6 is 0 Å². The fourth-order valence-electron chi connectivity index (χ4n) is 4.27. The van der Waals surface area contributed by atoms with Crippen LogP contribution in [-0.4, -0.2) is 63.2 Å². The maximum Gasteiger partial charge on any atom is 0.173 e. The predicted molar refractivity (Wildman–Crippen MR) is 127 cm³/mol. The molecule has 1 rings (SSSR count). The molecular formula is C24H53BrN2O5. The molecule has 0 bridgehead atoms. The molecule has 0 aliphatic carbocycles. The normalized spacial score (nSPS) is 25.8. The van der Waals surface area contributed by atoms with E-state index in [2.05, 4.69) is 12.2 Å². The van der Waals surface area contributed by atoms with Crippen LogP contribution in [0.25, 0.3) is 0 Å². The molecule has 196 valence electrons. The minimum absolute atomic E-state index is 0. The number of aliphatic hydroxyl groups excluding tert-OH is 3. The summed E-state index contributed by atoms with van der Waals surface area (Å²) in [5.74, 6) is 0. The highest BCUT2D eigenvalue weighted by atomic mass is 79.9. The summed E-state index contributed by atoms with van der Waals surface area (Å²) in [7, 11) is 0. The van der Waals surface area contributed by atoms with Gasteiger partial charge in [0.1, 0.15) is 18.3 Å². The van der Waals surface area contributed by atoms with Gasteiger partial charge >= 0.3 is 0 Å². The molecule has 1 unspecified atom stereocenters. The molecule has 1 aliphatic rings. The van der Waals surface area contributed by atoms with Gasteiger partial charge in [-0.05, 0) is 26.8 Å². The number of hydrogen-bond donors (Lipinski definition) is 6. The van der Waals surface area contributed by atoms with Crippen molar-refractivity contribution in [3.05, 3.63) is 0 Å². The van der Waals surface area contributed by atoms with E-state index < -0.39 is 36.2 Å². The SMILES string of the molecule is CCCCCCCCCCCCCCCCN[C@@H]1C(O)O[C@H](C(C)(C)O)[C@@H](O)[C@@H]1O.[Br-].[NH4+]. The van der Waals surface area contributed by atoms with Gasteiger partial charge in [-0.3, -0.25) is 0 Å². The lowest BCUT2D eigenvalue weighted by Gasteiger charge is -2.45. The number of hydrogen-bond acceptors (Lipinski definition) is 6. The fraction of sp³-hybridized carbons (Fsp3) is 1.00. The Bertz CT molecular complexity index is 426. The van der Waals surface area contributed by atoms with Gasteiger partial charge in [-0.15, -0.1) is 0 Å². The smallest absolute Gasteiger partial charge is 0.173 e. The molecule has 0 aromatic heterocycles. The first-order chi connectivity index (χ1) is 14.3. The third-order valence-electron chi connectivity index (χ3n) is 6.23. The van der Waals surface area contributed by atoms with Gasteiger partial charge in [0, 0.05) is 0 Å². The lowest BCUT2D eigenvalue weighted by Crippen LogP contribution is -3.00. The van der Waals surface area contributed by atoms with Crippen LogP contribution in [0.2, 0.25) is 0 Å². The monoisotopic (exact) mass is 528 g/mol. The fourth-order valence-corrected chi connectivity index (χ4v) is 4.27. The molecule has 0 amide bonds. The number of aliphatic hydroxyl groups is 4. The highest BCUT2D eigenvalue weighted by Gasteiger charge is 2.48. The Kier molecular flexibility index (Phi) is 20.9. The van der Waals surface area contributed by atoms with Gasteiger partial charge in [-0.25, -0.2) is 0 Å². The molecule has 0 aromatic carbocycles. The van der Waals surface area contributed by atoms with Gasteiger partial charge < -0.3 is 53.6 Å². The molecule has 5 atom stereocenters. The average molecular weight is 530 g/mol. The second-order valence-corrected chi connectivity index (χ2v) is 9.66. The Morgan fingerprint density at radius 2 is 1.12 bits per heavy atom. The van der Waals surface area contributed by atoms with Gasteiger partial charge in [0.2, 0.25) is 0 Å². The summed E-state index contributed by atoms with van der Waals surface area (Å²) in [6.45, 7) is 5.89. The molecule has 0 saturated carbocycles. The van der Waals surface area contributed by atoms with Crippen LogP contribution in [0.4, 0.5) is 0 Å². The van der Waals surface area contributed by atoms with Crippen LogP contribution < -0.4 is 28.4 Å². The van der Waals surface area contributed by atoms with Crippen molar-refractivity contribution in [3.63, 3.8) is 0 Å². The first-order valence-corrected chi connectivity index (χ1v) is 12.4. The van der Waals surface area contributed by atoms with Gasteiger partial charge in [0.15, 0.2) is 6.29 Å². The Morgan fingerprint density at radius 3 is 1.53 bits per heavy atom. The summed E-state index contributed by atoms with van der Waals surface area (Å²) in [4.78, 5) is 0. The first kappa shape index (κ1) is 34.4. The molecule has 8 heteroatoms. The third kappa shape index (κ3) is 13.8. The summed E-state index contributed by atoms with van der Waals surface area (Å²) >= 11 is 0. The standard InChI is InChI=1S/C24H49NO5.BrH.H3N/c1-4-5-6-7-8-9-10-11-12-13-14-15-16-17-18-25-19-20(26)21(27)22(24(2,3)29)30-23(19)28;;/h19-23,25-29H,4-18H2,1-3H3;1H;1H3/t19-,20+,21-,22-,23?;;/m0../s1. The second-order valence-electron chi connectivity index (χ2n) is 9.66. The second kappa shape index (κ2) is 19.5. The Hall–Kier alpha value is 0.200. The number of rotatable bonds is 17. The molecule has 0 aromatic rings. The van der Waals surface area contributed by atoms with Gasteiger partial charge in [0.05, 0.1) is 11.6 Å². The molecule has 1 saturated heterocycles. The van der Waals surface area contributed by atoms with E-state index in [-0.39, 0.29) is 23.1 Å². The van der Waals surface area contributed by atoms with Crippen molar-refractivity contribution in [1.82, 2.24) is 11.5 Å². The number of quaternary nitrogens is 1. The van der Waals surface area contributed by atoms with Crippen LogP contribution in [0.5, 0.6) is 0 Å². The van der Waals surface area contributed by atoms with Crippen molar-refractivity contribution >= 4 is 0 Å². The molecule has 1 aliphatic heterocycles. The predicted octanol–water partition coefficient (Wildman–Crippen LogP) is 1.02. The molecule has 0 radical (unpaired) electrons. The number of unbranched alkanes of at least 4 members (excludes halogenated alkanes) is 13. The van der Waals surface area contributed by atoms with E-state index in [0.717, 1.165) is 12.8 Å². The quantitative estimate of drug-likeness (QED) is 0.156. The molecule has 1 fully saturated rings. The summed E-state index contributed by atoms with van der Waals surface area (Å²) in [6.07, 6.45) is 13.5. The van der Waals surface area contributed by atoms with E-state index >= 15 is 0 Å².